The van der Waals surface area contributed by atoms with Crippen molar-refractivity contribution >= 4 is 11.4 Å². The maximum Gasteiger partial charge on any atom is 0.292 e. The van der Waals surface area contributed by atoms with Crippen molar-refractivity contribution in [3.8, 4) is 0 Å². The second-order valence-electron chi connectivity index (χ2n) is 5.14. The van der Waals surface area contributed by atoms with Gasteiger partial charge in [-0.25, -0.2) is 4.39 Å². The van der Waals surface area contributed by atoms with Crippen molar-refractivity contribution in [3.05, 3.63) is 34.1 Å². The molecule has 1 N–H and O–H groups in total. The van der Waals surface area contributed by atoms with Gasteiger partial charge in [-0.2, -0.15) is 0 Å². The number of hydrogen-bond acceptors (Lipinski definition) is 3. The summed E-state index contributed by atoms with van der Waals surface area (Å²) in [5, 5.41) is 13.8. The van der Waals surface area contributed by atoms with E-state index in [1.54, 1.807) is 0 Å². The number of nitrogens with zero attached hydrogens (tertiary/aromatic N) is 1. The molecule has 1 aliphatic rings. The van der Waals surface area contributed by atoms with E-state index in [0.717, 1.165) is 12.5 Å². The van der Waals surface area contributed by atoms with E-state index in [1.807, 2.05) is 0 Å². The predicted molar refractivity (Wildman–Crippen MR) is 72.7 cm³/mol. The first kappa shape index (κ1) is 13.8. The number of rotatable bonds is 5. The Hall–Kier alpha value is -1.65. The van der Waals surface area contributed by atoms with Gasteiger partial charge < -0.3 is 5.32 Å². The monoisotopic (exact) mass is 266 g/mol. The summed E-state index contributed by atoms with van der Waals surface area (Å²) >= 11 is 0. The molecule has 0 heterocycles. The fraction of sp³-hybridized carbons (Fsp3) is 0.571. The van der Waals surface area contributed by atoms with Gasteiger partial charge in [-0.1, -0.05) is 32.1 Å². The molecule has 0 aromatic heterocycles. The lowest BCUT2D eigenvalue weighted by molar-refractivity contribution is -0.384. The van der Waals surface area contributed by atoms with Crippen LogP contribution in [0, 0.1) is 21.8 Å². The molecule has 2 rings (SSSR count). The first-order chi connectivity index (χ1) is 9.16. The first-order valence-corrected chi connectivity index (χ1v) is 6.84. The Morgan fingerprint density at radius 2 is 2.05 bits per heavy atom. The van der Waals surface area contributed by atoms with Crippen LogP contribution in [-0.2, 0) is 0 Å². The second-order valence-corrected chi connectivity index (χ2v) is 5.14. The number of hydrogen-bond donors (Lipinski definition) is 1. The van der Waals surface area contributed by atoms with Crippen LogP contribution in [-0.4, -0.2) is 11.5 Å². The predicted octanol–water partition coefficient (Wildman–Crippen LogP) is 4.12. The summed E-state index contributed by atoms with van der Waals surface area (Å²) < 4.78 is 13.1. The van der Waals surface area contributed by atoms with E-state index < -0.39 is 10.7 Å². The largest absolute Gasteiger partial charge is 0.379 e. The molecule has 1 aliphatic carbocycles. The van der Waals surface area contributed by atoms with Crippen LogP contribution in [0.5, 0.6) is 0 Å². The van der Waals surface area contributed by atoms with E-state index in [0.29, 0.717) is 12.5 Å². The standard InChI is InChI=1S/C14H19FN2O2/c15-12-6-7-14(17(18)19)13(10-12)16-9-8-11-4-2-1-3-5-11/h6-7,10-11,16H,1-5,8-9H2. The highest BCUT2D eigenvalue weighted by atomic mass is 19.1. The van der Waals surface area contributed by atoms with Crippen LogP contribution in [0.25, 0.3) is 0 Å². The van der Waals surface area contributed by atoms with Crippen molar-refractivity contribution in [3.63, 3.8) is 0 Å². The summed E-state index contributed by atoms with van der Waals surface area (Å²) in [7, 11) is 0. The molecular formula is C14H19FN2O2. The highest BCUT2D eigenvalue weighted by Crippen LogP contribution is 2.28. The topological polar surface area (TPSA) is 55.2 Å². The maximum absolute atomic E-state index is 13.1. The molecule has 0 aliphatic heterocycles. The van der Waals surface area contributed by atoms with Crippen LogP contribution >= 0.6 is 0 Å². The van der Waals surface area contributed by atoms with Gasteiger partial charge in [0.15, 0.2) is 0 Å². The zero-order valence-corrected chi connectivity index (χ0v) is 10.9. The highest BCUT2D eigenvalue weighted by Gasteiger charge is 2.16. The molecule has 1 aromatic carbocycles. The minimum Gasteiger partial charge on any atom is -0.379 e. The molecule has 0 unspecified atom stereocenters. The Kier molecular flexibility index (Phi) is 4.71. The summed E-state index contributed by atoms with van der Waals surface area (Å²) in [5.41, 5.74) is 0.214. The summed E-state index contributed by atoms with van der Waals surface area (Å²) in [6.07, 6.45) is 7.36. The van der Waals surface area contributed by atoms with E-state index in [4.69, 9.17) is 0 Å². The summed E-state index contributed by atoms with van der Waals surface area (Å²) in [4.78, 5) is 10.4. The third-order valence-corrected chi connectivity index (χ3v) is 3.75. The lowest BCUT2D eigenvalue weighted by Gasteiger charge is -2.21. The lowest BCUT2D eigenvalue weighted by Crippen LogP contribution is -2.12. The number of halogens is 1. The van der Waals surface area contributed by atoms with E-state index in [2.05, 4.69) is 5.32 Å². The molecular weight excluding hydrogens is 247 g/mol. The van der Waals surface area contributed by atoms with Crippen molar-refractivity contribution in [2.24, 2.45) is 5.92 Å². The van der Waals surface area contributed by atoms with Gasteiger partial charge >= 0.3 is 0 Å². The molecule has 1 aromatic rings. The van der Waals surface area contributed by atoms with E-state index in [9.17, 15) is 14.5 Å². The number of nitrogens with one attached hydrogen (secondary N) is 1. The molecule has 0 saturated heterocycles. The Balaban J connectivity index is 1.91. The van der Waals surface area contributed by atoms with Crippen LogP contribution in [0.15, 0.2) is 18.2 Å². The SMILES string of the molecule is O=[N+]([O-])c1ccc(F)cc1NCCC1CCCCC1. The van der Waals surface area contributed by atoms with Crippen molar-refractivity contribution in [1.29, 1.82) is 0 Å². The molecule has 1 saturated carbocycles. The Morgan fingerprint density at radius 3 is 2.74 bits per heavy atom. The molecule has 5 heteroatoms. The van der Waals surface area contributed by atoms with Gasteiger partial charge in [0.05, 0.1) is 4.92 Å². The number of nitro groups is 1. The molecule has 19 heavy (non-hydrogen) atoms. The van der Waals surface area contributed by atoms with Crippen LogP contribution in [0.3, 0.4) is 0 Å². The highest BCUT2D eigenvalue weighted by molar-refractivity contribution is 5.61. The quantitative estimate of drug-likeness (QED) is 0.644. The molecule has 1 fully saturated rings. The van der Waals surface area contributed by atoms with Gasteiger partial charge in [-0.3, -0.25) is 10.1 Å². The molecule has 0 spiro atoms. The average molecular weight is 266 g/mol. The normalized spacial score (nSPS) is 16.3. The van der Waals surface area contributed by atoms with Crippen LogP contribution in [0.2, 0.25) is 0 Å². The van der Waals surface area contributed by atoms with Gasteiger partial charge in [0.25, 0.3) is 5.69 Å². The van der Waals surface area contributed by atoms with Crippen LogP contribution in [0.1, 0.15) is 38.5 Å². The van der Waals surface area contributed by atoms with Gasteiger partial charge in [-0.05, 0) is 18.4 Å². The van der Waals surface area contributed by atoms with E-state index in [1.165, 1.54) is 44.2 Å². The maximum atomic E-state index is 13.1. The molecule has 0 amide bonds. The minimum absolute atomic E-state index is 0.0648. The lowest BCUT2D eigenvalue weighted by atomic mass is 9.87. The third kappa shape index (κ3) is 3.91. The van der Waals surface area contributed by atoms with Crippen molar-refractivity contribution in [2.45, 2.75) is 38.5 Å². The van der Waals surface area contributed by atoms with Gasteiger partial charge in [0.2, 0.25) is 0 Å². The Morgan fingerprint density at radius 1 is 1.32 bits per heavy atom. The summed E-state index contributed by atoms with van der Waals surface area (Å²) in [5.74, 6) is 0.250. The fourth-order valence-corrected chi connectivity index (χ4v) is 2.70. The third-order valence-electron chi connectivity index (χ3n) is 3.75. The molecule has 0 atom stereocenters. The number of benzene rings is 1. The van der Waals surface area contributed by atoms with E-state index >= 15 is 0 Å². The van der Waals surface area contributed by atoms with Crippen LogP contribution in [0.4, 0.5) is 15.8 Å². The van der Waals surface area contributed by atoms with E-state index in [-0.39, 0.29) is 11.4 Å². The number of anilines is 1. The van der Waals surface area contributed by atoms with Crippen LogP contribution < -0.4 is 5.32 Å². The van der Waals surface area contributed by atoms with Gasteiger partial charge in [-0.15, -0.1) is 0 Å². The molecule has 0 radical (unpaired) electrons. The molecule has 4 nitrogen and oxygen atoms in total. The summed E-state index contributed by atoms with van der Waals surface area (Å²) in [6, 6.07) is 3.52. The Labute approximate surface area is 112 Å². The zero-order valence-electron chi connectivity index (χ0n) is 10.9. The molecule has 104 valence electrons. The fourth-order valence-electron chi connectivity index (χ4n) is 2.70. The Bertz CT molecular complexity index is 445. The van der Waals surface area contributed by atoms with Gasteiger partial charge in [0.1, 0.15) is 11.5 Å². The van der Waals surface area contributed by atoms with Gasteiger partial charge in [0, 0.05) is 18.7 Å². The number of nitro benzene ring substituents is 1. The smallest absolute Gasteiger partial charge is 0.292 e. The average Bonchev–Trinajstić information content (AvgIpc) is 2.39. The summed E-state index contributed by atoms with van der Waals surface area (Å²) in [6.45, 7) is 0.662. The van der Waals surface area contributed by atoms with Crippen molar-refractivity contribution < 1.29 is 9.31 Å². The zero-order chi connectivity index (χ0) is 13.7. The first-order valence-electron chi connectivity index (χ1n) is 6.84. The van der Waals surface area contributed by atoms with Crippen molar-refractivity contribution in [2.75, 3.05) is 11.9 Å². The minimum atomic E-state index is -0.484. The van der Waals surface area contributed by atoms with Crippen molar-refractivity contribution in [1.82, 2.24) is 0 Å². The second kappa shape index (κ2) is 6.50. The molecule has 0 bridgehead atoms.